The second-order valence-electron chi connectivity index (χ2n) is 3.83. The minimum atomic E-state index is -4.03. The third kappa shape index (κ3) is 2.98. The van der Waals surface area contributed by atoms with Crippen LogP contribution in [0.5, 0.6) is 0 Å². The van der Waals surface area contributed by atoms with Gasteiger partial charge in [-0.1, -0.05) is 29.8 Å². The zero-order chi connectivity index (χ0) is 14.8. The first-order valence-corrected chi connectivity index (χ1v) is 7.26. The lowest BCUT2D eigenvalue weighted by Gasteiger charge is -2.15. The van der Waals surface area contributed by atoms with Crippen molar-refractivity contribution in [3.8, 4) is 0 Å². The fourth-order valence-electron chi connectivity index (χ4n) is 1.56. The normalized spacial score (nSPS) is 13.1. The monoisotopic (exact) mass is 315 g/mol. The number of aromatic amines is 1. The quantitative estimate of drug-likeness (QED) is 0.766. The summed E-state index contributed by atoms with van der Waals surface area (Å²) < 4.78 is 26.1. The molecule has 1 atom stereocenters. The SMILES string of the molecule is O=C(O)[C@H](NS(=O)(=O)c1cnc[nH]1)c1ccccc1Cl. The average Bonchev–Trinajstić information content (AvgIpc) is 2.91. The van der Waals surface area contributed by atoms with Gasteiger partial charge in [-0.2, -0.15) is 4.72 Å². The number of carbonyl (C=O) groups is 1. The molecule has 106 valence electrons. The van der Waals surface area contributed by atoms with Crippen molar-refractivity contribution in [2.24, 2.45) is 0 Å². The molecule has 2 rings (SSSR count). The van der Waals surface area contributed by atoms with Gasteiger partial charge in [0.2, 0.25) is 0 Å². The first-order chi connectivity index (χ1) is 9.42. The molecule has 2 aromatic rings. The molecular formula is C11H10ClN3O4S. The number of imidazole rings is 1. The number of benzene rings is 1. The number of aromatic nitrogens is 2. The Morgan fingerprint density at radius 3 is 2.65 bits per heavy atom. The first-order valence-electron chi connectivity index (χ1n) is 5.40. The molecule has 0 amide bonds. The topological polar surface area (TPSA) is 112 Å². The fraction of sp³-hybridized carbons (Fsp3) is 0.0909. The summed E-state index contributed by atoms with van der Waals surface area (Å²) in [4.78, 5) is 17.3. The van der Waals surface area contributed by atoms with Crippen LogP contribution in [0.1, 0.15) is 11.6 Å². The molecule has 0 spiro atoms. The molecule has 7 nitrogen and oxygen atoms in total. The molecule has 20 heavy (non-hydrogen) atoms. The second-order valence-corrected chi connectivity index (χ2v) is 5.92. The lowest BCUT2D eigenvalue weighted by atomic mass is 10.1. The number of rotatable bonds is 5. The number of H-pyrrole nitrogens is 1. The van der Waals surface area contributed by atoms with E-state index in [2.05, 4.69) is 14.7 Å². The molecule has 0 radical (unpaired) electrons. The molecule has 0 fully saturated rings. The van der Waals surface area contributed by atoms with E-state index in [-0.39, 0.29) is 15.6 Å². The Morgan fingerprint density at radius 1 is 1.40 bits per heavy atom. The maximum atomic E-state index is 12.0. The molecule has 0 saturated heterocycles. The van der Waals surface area contributed by atoms with Crippen LogP contribution < -0.4 is 4.72 Å². The highest BCUT2D eigenvalue weighted by Crippen LogP contribution is 2.24. The van der Waals surface area contributed by atoms with Gasteiger partial charge in [-0.15, -0.1) is 0 Å². The summed E-state index contributed by atoms with van der Waals surface area (Å²) in [6.45, 7) is 0. The molecule has 0 aliphatic carbocycles. The predicted octanol–water partition coefficient (Wildman–Crippen LogP) is 1.17. The van der Waals surface area contributed by atoms with Crippen molar-refractivity contribution in [3.05, 3.63) is 47.4 Å². The second kappa shape index (κ2) is 5.61. The van der Waals surface area contributed by atoms with Crippen molar-refractivity contribution in [1.82, 2.24) is 14.7 Å². The van der Waals surface area contributed by atoms with E-state index in [1.165, 1.54) is 18.5 Å². The highest BCUT2D eigenvalue weighted by molar-refractivity contribution is 7.89. The average molecular weight is 316 g/mol. The number of halogens is 1. The lowest BCUT2D eigenvalue weighted by Crippen LogP contribution is -2.34. The van der Waals surface area contributed by atoms with Crippen LogP contribution in [0.4, 0.5) is 0 Å². The van der Waals surface area contributed by atoms with Gasteiger partial charge >= 0.3 is 5.97 Å². The summed E-state index contributed by atoms with van der Waals surface area (Å²) in [5, 5.41) is 9.13. The third-order valence-electron chi connectivity index (χ3n) is 2.50. The summed E-state index contributed by atoms with van der Waals surface area (Å²) >= 11 is 5.90. The highest BCUT2D eigenvalue weighted by atomic mass is 35.5. The smallest absolute Gasteiger partial charge is 0.326 e. The van der Waals surface area contributed by atoms with Gasteiger partial charge in [0, 0.05) is 5.02 Å². The van der Waals surface area contributed by atoms with E-state index in [1.54, 1.807) is 12.1 Å². The lowest BCUT2D eigenvalue weighted by molar-refractivity contribution is -0.139. The minimum Gasteiger partial charge on any atom is -0.480 e. The van der Waals surface area contributed by atoms with Gasteiger partial charge < -0.3 is 10.1 Å². The standard InChI is InChI=1S/C11H10ClN3O4S/c12-8-4-2-1-3-7(8)10(11(16)17)15-20(18,19)9-5-13-6-14-9/h1-6,10,15H,(H,13,14)(H,16,17)/t10-/m1/s1. The van der Waals surface area contributed by atoms with Crippen LogP contribution in [-0.4, -0.2) is 29.5 Å². The van der Waals surface area contributed by atoms with Crippen LogP contribution in [0.2, 0.25) is 5.02 Å². The van der Waals surface area contributed by atoms with Crippen molar-refractivity contribution in [1.29, 1.82) is 0 Å². The molecule has 0 aliphatic heterocycles. The van der Waals surface area contributed by atoms with Crippen LogP contribution in [0.15, 0.2) is 41.8 Å². The predicted molar refractivity (Wildman–Crippen MR) is 70.7 cm³/mol. The van der Waals surface area contributed by atoms with E-state index in [9.17, 15) is 18.3 Å². The summed E-state index contributed by atoms with van der Waals surface area (Å²) in [7, 11) is -4.03. The van der Waals surface area contributed by atoms with E-state index in [0.717, 1.165) is 6.20 Å². The van der Waals surface area contributed by atoms with E-state index in [0.29, 0.717) is 0 Å². The molecule has 0 saturated carbocycles. The van der Waals surface area contributed by atoms with Crippen molar-refractivity contribution in [3.63, 3.8) is 0 Å². The zero-order valence-electron chi connectivity index (χ0n) is 9.95. The maximum absolute atomic E-state index is 12.0. The summed E-state index contributed by atoms with van der Waals surface area (Å²) in [5.74, 6) is -1.36. The van der Waals surface area contributed by atoms with E-state index in [1.807, 2.05) is 0 Å². The molecular weight excluding hydrogens is 306 g/mol. The molecule has 9 heteroatoms. The van der Waals surface area contributed by atoms with Crippen molar-refractivity contribution >= 4 is 27.6 Å². The fourth-order valence-corrected chi connectivity index (χ4v) is 2.88. The molecule has 0 aliphatic rings. The van der Waals surface area contributed by atoms with Gasteiger partial charge in [-0.3, -0.25) is 4.79 Å². The van der Waals surface area contributed by atoms with E-state index < -0.39 is 22.0 Å². The Labute approximate surface area is 119 Å². The molecule has 0 bridgehead atoms. The van der Waals surface area contributed by atoms with Crippen LogP contribution in [0.3, 0.4) is 0 Å². The first kappa shape index (κ1) is 14.5. The van der Waals surface area contributed by atoms with Crippen LogP contribution >= 0.6 is 11.6 Å². The number of sulfonamides is 1. The van der Waals surface area contributed by atoms with Gasteiger partial charge in [0.1, 0.15) is 6.04 Å². The Bertz CT molecular complexity index is 715. The number of hydrogen-bond acceptors (Lipinski definition) is 4. The van der Waals surface area contributed by atoms with Crippen molar-refractivity contribution in [2.75, 3.05) is 0 Å². The molecule has 1 aromatic heterocycles. The minimum absolute atomic E-state index is 0.157. The Morgan fingerprint density at radius 2 is 2.10 bits per heavy atom. The largest absolute Gasteiger partial charge is 0.480 e. The molecule has 1 aromatic carbocycles. The number of nitrogens with zero attached hydrogens (tertiary/aromatic N) is 1. The molecule has 3 N–H and O–H groups in total. The van der Waals surface area contributed by atoms with E-state index >= 15 is 0 Å². The Kier molecular flexibility index (Phi) is 4.07. The van der Waals surface area contributed by atoms with Crippen molar-refractivity contribution < 1.29 is 18.3 Å². The Hall–Kier alpha value is -1.90. The van der Waals surface area contributed by atoms with Gasteiger partial charge in [0.25, 0.3) is 10.0 Å². The number of carboxylic acid groups (broad SMARTS) is 1. The zero-order valence-corrected chi connectivity index (χ0v) is 11.5. The number of carboxylic acids is 1. The van der Waals surface area contributed by atoms with Crippen LogP contribution in [0.25, 0.3) is 0 Å². The van der Waals surface area contributed by atoms with Crippen molar-refractivity contribution in [2.45, 2.75) is 11.1 Å². The Balaban J connectivity index is 2.37. The number of nitrogens with one attached hydrogen (secondary N) is 2. The van der Waals surface area contributed by atoms with Gasteiger partial charge in [-0.05, 0) is 11.6 Å². The van der Waals surface area contributed by atoms with Crippen LogP contribution in [0, 0.1) is 0 Å². The van der Waals surface area contributed by atoms with Gasteiger partial charge in [-0.25, -0.2) is 13.4 Å². The molecule has 1 heterocycles. The summed E-state index contributed by atoms with van der Waals surface area (Å²) in [5.41, 5.74) is 0.157. The van der Waals surface area contributed by atoms with Gasteiger partial charge in [0.15, 0.2) is 5.03 Å². The highest BCUT2D eigenvalue weighted by Gasteiger charge is 2.29. The number of hydrogen-bond donors (Lipinski definition) is 3. The summed E-state index contributed by atoms with van der Waals surface area (Å²) in [6.07, 6.45) is 2.26. The van der Waals surface area contributed by atoms with Crippen LogP contribution in [-0.2, 0) is 14.8 Å². The number of aliphatic carboxylic acids is 1. The molecule has 0 unspecified atom stereocenters. The maximum Gasteiger partial charge on any atom is 0.326 e. The van der Waals surface area contributed by atoms with E-state index in [4.69, 9.17) is 11.6 Å². The van der Waals surface area contributed by atoms with Gasteiger partial charge in [0.05, 0.1) is 12.5 Å². The summed E-state index contributed by atoms with van der Waals surface area (Å²) in [6, 6.07) is 4.63. The third-order valence-corrected chi connectivity index (χ3v) is 4.19.